The fraction of sp³-hybridized carbons (Fsp3) is 0.800. The number of amides is 1. The summed E-state index contributed by atoms with van der Waals surface area (Å²) in [6.45, 7) is 4.28. The van der Waals surface area contributed by atoms with Crippen molar-refractivity contribution in [2.24, 2.45) is 17.3 Å². The van der Waals surface area contributed by atoms with Crippen LogP contribution in [-0.2, 0) is 9.59 Å². The van der Waals surface area contributed by atoms with Gasteiger partial charge < -0.3 is 15.1 Å². The Balaban J connectivity index is 2.01. The summed E-state index contributed by atoms with van der Waals surface area (Å²) in [5.41, 5.74) is -0.441. The number of nitrogens with zero attached hydrogens (tertiary/aromatic N) is 1. The number of hydrogen-bond donors (Lipinski definition) is 2. The van der Waals surface area contributed by atoms with Crippen LogP contribution in [0.5, 0.6) is 0 Å². The predicted molar refractivity (Wildman–Crippen MR) is 51.0 cm³/mol. The van der Waals surface area contributed by atoms with Crippen LogP contribution < -0.4 is 0 Å². The lowest BCUT2D eigenvalue weighted by Gasteiger charge is -2.36. The molecule has 0 spiro atoms. The number of carboxylic acids is 1. The van der Waals surface area contributed by atoms with Crippen LogP contribution in [0.25, 0.3) is 0 Å². The van der Waals surface area contributed by atoms with Crippen LogP contribution in [0.4, 0.5) is 0 Å². The van der Waals surface area contributed by atoms with Crippen molar-refractivity contribution in [3.63, 3.8) is 0 Å². The number of β-amino-alcohol motifs (C(OH)–C–C–N with tert-alkyl or cyclic N) is 1. The SMILES string of the molecule is CC1(C)[C@H](C(=O)O)[C@@H]1C(=O)N1CC(O)C1. The molecule has 2 atom stereocenters. The van der Waals surface area contributed by atoms with Crippen LogP contribution in [0.15, 0.2) is 0 Å². The van der Waals surface area contributed by atoms with Crippen molar-refractivity contribution in [1.29, 1.82) is 0 Å². The molecule has 0 aromatic heterocycles. The van der Waals surface area contributed by atoms with Gasteiger partial charge in [0.25, 0.3) is 0 Å². The Hall–Kier alpha value is -1.10. The molecular weight excluding hydrogens is 198 g/mol. The molecule has 0 radical (unpaired) electrons. The summed E-state index contributed by atoms with van der Waals surface area (Å²) in [6, 6.07) is 0. The number of carbonyl (C=O) groups excluding carboxylic acids is 1. The van der Waals surface area contributed by atoms with E-state index in [-0.39, 0.29) is 5.91 Å². The molecule has 0 unspecified atom stereocenters. The molecule has 0 aromatic carbocycles. The highest BCUT2D eigenvalue weighted by molar-refractivity contribution is 5.92. The molecular formula is C10H15NO4. The molecule has 1 saturated carbocycles. The molecule has 2 aliphatic rings. The van der Waals surface area contributed by atoms with E-state index in [9.17, 15) is 9.59 Å². The first kappa shape index (κ1) is 10.4. The van der Waals surface area contributed by atoms with Crippen molar-refractivity contribution in [2.45, 2.75) is 20.0 Å². The van der Waals surface area contributed by atoms with Crippen LogP contribution in [-0.4, -0.2) is 46.2 Å². The topological polar surface area (TPSA) is 77.8 Å². The molecule has 5 nitrogen and oxygen atoms in total. The van der Waals surface area contributed by atoms with Gasteiger partial charge in [-0.25, -0.2) is 0 Å². The van der Waals surface area contributed by atoms with Crippen molar-refractivity contribution < 1.29 is 19.8 Å². The van der Waals surface area contributed by atoms with Crippen LogP contribution in [0.1, 0.15) is 13.8 Å². The van der Waals surface area contributed by atoms with E-state index < -0.39 is 29.3 Å². The van der Waals surface area contributed by atoms with Crippen molar-refractivity contribution in [1.82, 2.24) is 4.90 Å². The predicted octanol–water partition coefficient (Wildman–Crippen LogP) is -0.454. The van der Waals surface area contributed by atoms with Gasteiger partial charge in [-0.3, -0.25) is 9.59 Å². The van der Waals surface area contributed by atoms with Crippen LogP contribution in [0.3, 0.4) is 0 Å². The molecule has 1 saturated heterocycles. The Morgan fingerprint density at radius 2 is 1.80 bits per heavy atom. The number of aliphatic carboxylic acids is 1. The fourth-order valence-corrected chi connectivity index (χ4v) is 2.39. The van der Waals surface area contributed by atoms with Crippen molar-refractivity contribution in [3.8, 4) is 0 Å². The highest BCUT2D eigenvalue weighted by atomic mass is 16.4. The van der Waals surface area contributed by atoms with Gasteiger partial charge in [0, 0.05) is 13.1 Å². The summed E-state index contributed by atoms with van der Waals surface area (Å²) in [5, 5.41) is 18.0. The monoisotopic (exact) mass is 213 g/mol. The Labute approximate surface area is 87.7 Å². The molecule has 2 rings (SSSR count). The molecule has 1 aliphatic heterocycles. The maximum atomic E-state index is 11.8. The highest BCUT2D eigenvalue weighted by Crippen LogP contribution is 2.59. The zero-order valence-corrected chi connectivity index (χ0v) is 8.80. The third kappa shape index (κ3) is 1.42. The zero-order chi connectivity index (χ0) is 11.4. The minimum Gasteiger partial charge on any atom is -0.481 e. The number of carbonyl (C=O) groups is 2. The second-order valence-corrected chi connectivity index (χ2v) is 5.01. The van der Waals surface area contributed by atoms with Gasteiger partial charge in [-0.2, -0.15) is 0 Å². The average Bonchev–Trinajstić information content (AvgIpc) is 2.62. The number of aliphatic hydroxyl groups is 1. The van der Waals surface area contributed by atoms with E-state index in [0.717, 1.165) is 0 Å². The lowest BCUT2D eigenvalue weighted by atomic mass is 10.1. The second-order valence-electron chi connectivity index (χ2n) is 5.01. The minimum atomic E-state index is -0.903. The first-order valence-corrected chi connectivity index (χ1v) is 5.05. The third-order valence-corrected chi connectivity index (χ3v) is 3.53. The first-order chi connectivity index (χ1) is 6.85. The fourth-order valence-electron chi connectivity index (χ4n) is 2.39. The summed E-state index contributed by atoms with van der Waals surface area (Å²) < 4.78 is 0. The molecule has 15 heavy (non-hydrogen) atoms. The third-order valence-electron chi connectivity index (χ3n) is 3.53. The van der Waals surface area contributed by atoms with Crippen LogP contribution >= 0.6 is 0 Å². The van der Waals surface area contributed by atoms with E-state index in [1.165, 1.54) is 4.90 Å². The van der Waals surface area contributed by atoms with E-state index >= 15 is 0 Å². The number of carboxylic acid groups (broad SMARTS) is 1. The van der Waals surface area contributed by atoms with Gasteiger partial charge in [-0.1, -0.05) is 13.8 Å². The normalized spacial score (nSPS) is 33.4. The zero-order valence-electron chi connectivity index (χ0n) is 8.80. The molecule has 1 heterocycles. The Kier molecular flexibility index (Phi) is 2.05. The van der Waals surface area contributed by atoms with Gasteiger partial charge in [0.15, 0.2) is 0 Å². The molecule has 1 aliphatic carbocycles. The van der Waals surface area contributed by atoms with Gasteiger partial charge >= 0.3 is 5.97 Å². The van der Waals surface area contributed by atoms with E-state index in [0.29, 0.717) is 13.1 Å². The quantitative estimate of drug-likeness (QED) is 0.651. The van der Waals surface area contributed by atoms with Crippen LogP contribution in [0, 0.1) is 17.3 Å². The summed E-state index contributed by atoms with van der Waals surface area (Å²) in [6.07, 6.45) is -0.431. The van der Waals surface area contributed by atoms with E-state index in [1.54, 1.807) is 13.8 Å². The van der Waals surface area contributed by atoms with Crippen molar-refractivity contribution in [2.75, 3.05) is 13.1 Å². The van der Waals surface area contributed by atoms with Crippen molar-refractivity contribution in [3.05, 3.63) is 0 Å². The summed E-state index contributed by atoms with van der Waals surface area (Å²) in [7, 11) is 0. The molecule has 2 fully saturated rings. The maximum absolute atomic E-state index is 11.8. The number of rotatable bonds is 2. The minimum absolute atomic E-state index is 0.127. The lowest BCUT2D eigenvalue weighted by molar-refractivity contribution is -0.146. The highest BCUT2D eigenvalue weighted by Gasteiger charge is 2.67. The molecule has 2 N–H and O–H groups in total. The standard InChI is InChI=1S/C10H15NO4/c1-10(2)6(7(10)9(14)15)8(13)11-3-5(12)4-11/h5-7,12H,3-4H2,1-2H3,(H,14,15)/t6-,7+/m1/s1. The summed E-state index contributed by atoms with van der Waals surface area (Å²) >= 11 is 0. The van der Waals surface area contributed by atoms with Crippen molar-refractivity contribution >= 4 is 11.9 Å². The van der Waals surface area contributed by atoms with Gasteiger partial charge in [0.05, 0.1) is 17.9 Å². The summed E-state index contributed by atoms with van der Waals surface area (Å²) in [5.74, 6) is -2.01. The largest absolute Gasteiger partial charge is 0.481 e. The Morgan fingerprint density at radius 3 is 2.13 bits per heavy atom. The molecule has 1 amide bonds. The number of likely N-dealkylation sites (tertiary alicyclic amines) is 1. The van der Waals surface area contributed by atoms with E-state index in [1.807, 2.05) is 0 Å². The summed E-state index contributed by atoms with van der Waals surface area (Å²) in [4.78, 5) is 24.2. The van der Waals surface area contributed by atoms with Gasteiger partial charge in [-0.15, -0.1) is 0 Å². The molecule has 0 aromatic rings. The van der Waals surface area contributed by atoms with Crippen LogP contribution in [0.2, 0.25) is 0 Å². The Bertz CT molecular complexity index is 319. The maximum Gasteiger partial charge on any atom is 0.307 e. The second kappa shape index (κ2) is 2.95. The number of hydrogen-bond acceptors (Lipinski definition) is 3. The van der Waals surface area contributed by atoms with E-state index in [4.69, 9.17) is 10.2 Å². The molecule has 0 bridgehead atoms. The molecule has 84 valence electrons. The lowest BCUT2D eigenvalue weighted by Crippen LogP contribution is -2.54. The van der Waals surface area contributed by atoms with E-state index in [2.05, 4.69) is 0 Å². The molecule has 5 heteroatoms. The van der Waals surface area contributed by atoms with Gasteiger partial charge in [0.1, 0.15) is 0 Å². The average molecular weight is 213 g/mol. The number of aliphatic hydroxyl groups excluding tert-OH is 1. The van der Waals surface area contributed by atoms with Gasteiger partial charge in [0.2, 0.25) is 5.91 Å². The Morgan fingerprint density at radius 1 is 1.27 bits per heavy atom. The smallest absolute Gasteiger partial charge is 0.307 e. The first-order valence-electron chi connectivity index (χ1n) is 5.05. The van der Waals surface area contributed by atoms with Gasteiger partial charge in [-0.05, 0) is 5.41 Å².